The highest BCUT2D eigenvalue weighted by Gasteiger charge is 2.47. The third-order valence-electron chi connectivity index (χ3n) is 10.8. The summed E-state index contributed by atoms with van der Waals surface area (Å²) in [6, 6.07) is 0. The van der Waals surface area contributed by atoms with E-state index in [-0.39, 0.29) is 41.6 Å². The van der Waals surface area contributed by atoms with Crippen LogP contribution in [0.1, 0.15) is 123 Å². The second-order valence-electron chi connectivity index (χ2n) is 17.2. The lowest BCUT2D eigenvalue weighted by Crippen LogP contribution is -2.46. The van der Waals surface area contributed by atoms with E-state index in [2.05, 4.69) is 86.8 Å². The Balaban J connectivity index is 1.26. The van der Waals surface area contributed by atoms with E-state index in [0.29, 0.717) is 12.2 Å². The molecule has 71 heavy (non-hydrogen) atoms. The van der Waals surface area contributed by atoms with Crippen LogP contribution >= 0.6 is 35.2 Å². The minimum Gasteiger partial charge on any atom is -0.790 e. The number of nitrogen functional groups attached to an aromatic ring is 1. The molecule has 2 aromatic rings. The SMILES string of the molecule is CC/C=C\C/C=C\C/C=C\CCCCCCCCCCCC(=O)SCCNC(=O)CCNC(=O)[C@H](O)C(C)(C)COP(=O)([O-])OP(=O)([O-])OC[C@H]1O[C@@H](n2cnc3c(N)ncnc32)[C@H](O)[C@@H]1OP(=O)([O-])[O-]. The number of carbonyl (C=O) groups is 3. The van der Waals surface area contributed by atoms with E-state index in [1.165, 1.54) is 46.0 Å². The fourth-order valence-electron chi connectivity index (χ4n) is 6.94. The highest BCUT2D eigenvalue weighted by atomic mass is 32.2. The predicted octanol–water partition coefficient (Wildman–Crippen LogP) is 3.29. The number of amides is 2. The van der Waals surface area contributed by atoms with Gasteiger partial charge < -0.3 is 69.0 Å². The molecule has 6 N–H and O–H groups in total. The first-order valence-electron chi connectivity index (χ1n) is 23.5. The predicted molar refractivity (Wildman–Crippen MR) is 256 cm³/mol. The molecule has 402 valence electrons. The average Bonchev–Trinajstić information content (AvgIpc) is 3.86. The number of aromatic nitrogens is 4. The van der Waals surface area contributed by atoms with Gasteiger partial charge in [-0.25, -0.2) is 19.3 Å². The van der Waals surface area contributed by atoms with Gasteiger partial charge in [0.25, 0.3) is 15.6 Å². The highest BCUT2D eigenvalue weighted by Crippen LogP contribution is 2.56. The molecule has 2 amide bonds. The monoisotopic (exact) mass is 1080 g/mol. The molecule has 7 atom stereocenters. The van der Waals surface area contributed by atoms with Crippen LogP contribution in [0.5, 0.6) is 0 Å². The lowest BCUT2D eigenvalue weighted by molar-refractivity contribution is -0.347. The Morgan fingerprint density at radius 3 is 2.15 bits per heavy atom. The Hall–Kier alpha value is -3.22. The van der Waals surface area contributed by atoms with E-state index in [9.17, 15) is 57.9 Å². The summed E-state index contributed by atoms with van der Waals surface area (Å²) in [6.07, 6.45) is 20.6. The number of phosphoric ester groups is 3. The number of carbonyl (C=O) groups excluding carboxylic acids is 3. The van der Waals surface area contributed by atoms with Crippen molar-refractivity contribution in [3.63, 3.8) is 0 Å². The molecule has 0 aromatic carbocycles. The number of hydrogen-bond acceptors (Lipinski definition) is 22. The molecule has 3 heterocycles. The fourth-order valence-corrected chi connectivity index (χ4v) is 10.4. The number of nitrogens with two attached hydrogens (primary N) is 1. The fraction of sp³-hybridized carbons (Fsp3) is 0.674. The van der Waals surface area contributed by atoms with Gasteiger partial charge in [-0.1, -0.05) is 114 Å². The number of aliphatic hydroxyl groups is 2. The number of fused-ring (bicyclic) bond motifs is 1. The molecular weight excluding hydrogens is 1010 g/mol. The molecule has 0 radical (unpaired) electrons. The summed E-state index contributed by atoms with van der Waals surface area (Å²) in [5.41, 5.74) is 4.09. The first-order chi connectivity index (χ1) is 33.6. The summed E-state index contributed by atoms with van der Waals surface area (Å²) in [7, 11) is -17.6. The topological polar surface area (TPSA) is 375 Å². The van der Waals surface area contributed by atoms with Crippen LogP contribution in [-0.4, -0.2) is 103 Å². The summed E-state index contributed by atoms with van der Waals surface area (Å²) < 4.78 is 60.9. The highest BCUT2D eigenvalue weighted by molar-refractivity contribution is 8.13. The minimum atomic E-state index is -5.92. The minimum absolute atomic E-state index is 0.0194. The van der Waals surface area contributed by atoms with Crippen molar-refractivity contribution in [1.82, 2.24) is 30.2 Å². The Labute approximate surface area is 418 Å². The third-order valence-corrected chi connectivity index (χ3v) is 14.7. The van der Waals surface area contributed by atoms with Gasteiger partial charge in [-0.3, -0.25) is 28.1 Å². The lowest BCUT2D eigenvalue weighted by atomic mass is 9.87. The maximum Gasteiger partial charge on any atom is 0.274 e. The molecule has 2 unspecified atom stereocenters. The van der Waals surface area contributed by atoms with Crippen LogP contribution in [0.25, 0.3) is 11.2 Å². The molecule has 0 saturated carbocycles. The summed E-state index contributed by atoms with van der Waals surface area (Å²) in [5, 5.41) is 26.5. The zero-order chi connectivity index (χ0) is 52.5. The second-order valence-corrected chi connectivity index (χ2v) is 22.4. The maximum atomic E-state index is 12.7. The van der Waals surface area contributed by atoms with Crippen LogP contribution in [0.4, 0.5) is 5.82 Å². The Bertz CT molecular complexity index is 2210. The van der Waals surface area contributed by atoms with Crippen molar-refractivity contribution in [2.75, 3.05) is 37.8 Å². The molecule has 28 heteroatoms. The molecular formula is C43H68N7O17P3S-4. The Kier molecular flexibility index (Phi) is 27.5. The van der Waals surface area contributed by atoms with Crippen molar-refractivity contribution in [1.29, 1.82) is 0 Å². The number of nitrogens with zero attached hydrogens (tertiary/aromatic N) is 4. The van der Waals surface area contributed by atoms with Gasteiger partial charge in [0, 0.05) is 37.1 Å². The Morgan fingerprint density at radius 2 is 1.49 bits per heavy atom. The number of ether oxygens (including phenoxy) is 1. The first kappa shape index (κ1) is 62.1. The van der Waals surface area contributed by atoms with E-state index in [0.717, 1.165) is 80.4 Å². The quantitative estimate of drug-likeness (QED) is 0.0371. The van der Waals surface area contributed by atoms with E-state index in [1.54, 1.807) is 0 Å². The van der Waals surface area contributed by atoms with Crippen molar-refractivity contribution >= 4 is 69.1 Å². The lowest BCUT2D eigenvalue weighted by Gasteiger charge is -2.36. The van der Waals surface area contributed by atoms with Gasteiger partial charge >= 0.3 is 0 Å². The van der Waals surface area contributed by atoms with E-state index < -0.39 is 84.6 Å². The molecule has 0 bridgehead atoms. The zero-order valence-electron chi connectivity index (χ0n) is 40.3. The molecule has 1 fully saturated rings. The number of rotatable bonds is 36. The molecule has 0 aliphatic carbocycles. The summed E-state index contributed by atoms with van der Waals surface area (Å²) >= 11 is 1.14. The van der Waals surface area contributed by atoms with Crippen LogP contribution in [0.2, 0.25) is 0 Å². The van der Waals surface area contributed by atoms with E-state index in [1.807, 2.05) is 0 Å². The van der Waals surface area contributed by atoms with Crippen molar-refractivity contribution < 1.29 is 80.5 Å². The first-order valence-corrected chi connectivity index (χ1v) is 28.8. The van der Waals surface area contributed by atoms with Gasteiger partial charge in [0.15, 0.2) is 22.8 Å². The van der Waals surface area contributed by atoms with Crippen LogP contribution in [-0.2, 0) is 50.7 Å². The number of imidazole rings is 1. The van der Waals surface area contributed by atoms with Gasteiger partial charge in [0.05, 0.1) is 27.4 Å². The van der Waals surface area contributed by atoms with Gasteiger partial charge in [0.1, 0.15) is 36.3 Å². The van der Waals surface area contributed by atoms with E-state index >= 15 is 0 Å². The third kappa shape index (κ3) is 24.1. The number of allylic oxidation sites excluding steroid dienone is 6. The zero-order valence-corrected chi connectivity index (χ0v) is 43.8. The second kappa shape index (κ2) is 31.5. The molecule has 3 rings (SSSR count). The van der Waals surface area contributed by atoms with Crippen molar-refractivity contribution in [3.05, 3.63) is 49.1 Å². The standard InChI is InChI=1S/C43H72N7O17P3S/c1-4-5-6-7-8-9-10-11-12-13-14-15-16-17-18-19-20-21-22-23-34(52)71-27-26-45-33(51)24-25-46-41(55)38(54)43(2,3)29-64-70(61,62)67-69(59,60)63-28-32-37(66-68(56,57)58)36(53)42(65-32)50-31-49-35-39(44)47-30-48-40(35)50/h5-6,8-9,11-12,30-32,36-38,42,53-54H,4,7,10,13-29H2,1-3H3,(H,45,51)(H,46,55)(H,59,60)(H,61,62)(H2,44,47,48)(H2,56,57,58)/p-4/b6-5-,9-8-,12-11-/t32-,36-,37-,38+,42-/m1/s1. The normalized spacial score (nSPS) is 20.0. The average molecular weight is 1080 g/mol. The van der Waals surface area contributed by atoms with Crippen LogP contribution in [0.3, 0.4) is 0 Å². The summed E-state index contributed by atoms with van der Waals surface area (Å²) in [5.74, 6) is -1.14. The van der Waals surface area contributed by atoms with Crippen molar-refractivity contribution in [3.8, 4) is 0 Å². The summed E-state index contributed by atoms with van der Waals surface area (Å²) in [6.45, 7) is 2.29. The molecule has 24 nitrogen and oxygen atoms in total. The van der Waals surface area contributed by atoms with Gasteiger partial charge in [-0.05, 0) is 38.5 Å². The van der Waals surface area contributed by atoms with Crippen LogP contribution in [0.15, 0.2) is 49.1 Å². The van der Waals surface area contributed by atoms with E-state index in [4.69, 9.17) is 10.5 Å². The van der Waals surface area contributed by atoms with Crippen LogP contribution < -0.4 is 35.9 Å². The largest absolute Gasteiger partial charge is 0.790 e. The number of unbranched alkanes of at least 4 members (excludes halogenated alkanes) is 9. The summed E-state index contributed by atoms with van der Waals surface area (Å²) in [4.78, 5) is 97.0. The van der Waals surface area contributed by atoms with Gasteiger partial charge in [0.2, 0.25) is 11.8 Å². The molecule has 1 aliphatic rings. The molecule has 1 aliphatic heterocycles. The number of thioether (sulfide) groups is 1. The maximum absolute atomic E-state index is 12.7. The van der Waals surface area contributed by atoms with Crippen LogP contribution in [0, 0.1) is 5.41 Å². The molecule has 1 saturated heterocycles. The number of aliphatic hydroxyl groups excluding tert-OH is 2. The van der Waals surface area contributed by atoms with Gasteiger partial charge in [-0.15, -0.1) is 0 Å². The van der Waals surface area contributed by atoms with Crippen molar-refractivity contribution in [2.45, 2.75) is 148 Å². The number of anilines is 1. The van der Waals surface area contributed by atoms with Crippen molar-refractivity contribution in [2.24, 2.45) is 5.41 Å². The number of nitrogens with one attached hydrogen (secondary N) is 2. The number of phosphoric acid groups is 3. The van der Waals surface area contributed by atoms with Gasteiger partial charge in [-0.2, -0.15) is 0 Å². The molecule has 0 spiro atoms. The Morgan fingerprint density at radius 1 is 0.873 bits per heavy atom. The smallest absolute Gasteiger partial charge is 0.274 e. The number of hydrogen-bond donors (Lipinski definition) is 5. The molecule has 2 aromatic heterocycles.